The number of epoxide rings is 2. The van der Waals surface area contributed by atoms with Gasteiger partial charge >= 0.3 is 0 Å². The molecule has 2 fully saturated rings. The summed E-state index contributed by atoms with van der Waals surface area (Å²) in [5.41, 5.74) is 1.46. The van der Waals surface area contributed by atoms with Crippen molar-refractivity contribution in [2.75, 3.05) is 13.2 Å². The zero-order valence-corrected chi connectivity index (χ0v) is 12.9. The molecule has 0 aromatic carbocycles. The van der Waals surface area contributed by atoms with Crippen molar-refractivity contribution in [3.8, 4) is 0 Å². The molecular formula is C19H20O4. The van der Waals surface area contributed by atoms with Gasteiger partial charge in [-0.3, -0.25) is 9.59 Å². The van der Waals surface area contributed by atoms with E-state index in [-0.39, 0.29) is 35.6 Å². The van der Waals surface area contributed by atoms with Gasteiger partial charge in [0, 0.05) is 29.4 Å². The minimum atomic E-state index is -0.104. The van der Waals surface area contributed by atoms with Crippen LogP contribution in [0.2, 0.25) is 0 Å². The number of ether oxygens (including phenoxy) is 2. The van der Waals surface area contributed by atoms with Gasteiger partial charge in [0.25, 0.3) is 0 Å². The van der Waals surface area contributed by atoms with Gasteiger partial charge in [0.2, 0.25) is 0 Å². The molecule has 4 heteroatoms. The number of hydrogen-bond donors (Lipinski definition) is 0. The quantitative estimate of drug-likeness (QED) is 0.706. The number of carbonyl (C=O) groups is 2. The summed E-state index contributed by atoms with van der Waals surface area (Å²) in [5, 5.41) is 0. The van der Waals surface area contributed by atoms with E-state index in [2.05, 4.69) is 0 Å². The lowest BCUT2D eigenvalue weighted by molar-refractivity contribution is -0.118. The summed E-state index contributed by atoms with van der Waals surface area (Å²) >= 11 is 0. The lowest BCUT2D eigenvalue weighted by atomic mass is 9.82. The van der Waals surface area contributed by atoms with Crippen LogP contribution in [-0.4, -0.2) is 37.0 Å². The van der Waals surface area contributed by atoms with E-state index in [1.54, 1.807) is 0 Å². The van der Waals surface area contributed by atoms with Crippen LogP contribution in [-0.2, 0) is 19.1 Å². The van der Waals surface area contributed by atoms with Crippen molar-refractivity contribution in [1.82, 2.24) is 0 Å². The number of hydrogen-bond acceptors (Lipinski definition) is 4. The molecule has 4 aliphatic rings. The Bertz CT molecular complexity index is 588. The predicted molar refractivity (Wildman–Crippen MR) is 84.8 cm³/mol. The van der Waals surface area contributed by atoms with E-state index in [9.17, 15) is 9.59 Å². The largest absolute Gasteiger partial charge is 0.373 e. The van der Waals surface area contributed by atoms with Crippen LogP contribution < -0.4 is 0 Å². The molecule has 0 N–H and O–H groups in total. The summed E-state index contributed by atoms with van der Waals surface area (Å²) in [4.78, 5) is 25.2. The molecule has 4 rings (SSSR count). The second-order valence-corrected chi connectivity index (χ2v) is 6.65. The Morgan fingerprint density at radius 3 is 1.65 bits per heavy atom. The Morgan fingerprint density at radius 1 is 0.826 bits per heavy atom. The summed E-state index contributed by atoms with van der Waals surface area (Å²) in [7, 11) is 0. The van der Waals surface area contributed by atoms with E-state index in [1.165, 1.54) is 0 Å². The van der Waals surface area contributed by atoms with Crippen LogP contribution in [0.1, 0.15) is 19.3 Å². The summed E-state index contributed by atoms with van der Waals surface area (Å²) in [6, 6.07) is 0. The molecule has 2 aliphatic carbocycles. The van der Waals surface area contributed by atoms with Crippen molar-refractivity contribution in [3.63, 3.8) is 0 Å². The second kappa shape index (κ2) is 6.02. The van der Waals surface area contributed by atoms with Crippen LogP contribution in [0.4, 0.5) is 0 Å². The molecule has 2 aliphatic heterocycles. The molecule has 0 aromatic heterocycles. The number of Topliss-reactive ketones (excluding diaryl/α,β-unsaturated/α-hetero) is 2. The Hall–Kier alpha value is -1.78. The molecule has 23 heavy (non-hydrogen) atoms. The molecule has 4 nitrogen and oxygen atoms in total. The van der Waals surface area contributed by atoms with Crippen LogP contribution in [0.25, 0.3) is 0 Å². The van der Waals surface area contributed by atoms with Crippen molar-refractivity contribution < 1.29 is 19.1 Å². The highest BCUT2D eigenvalue weighted by Gasteiger charge is 2.34. The summed E-state index contributed by atoms with van der Waals surface area (Å²) in [6.07, 6.45) is 13.8. The smallest absolute Gasteiger partial charge is 0.166 e. The molecule has 0 amide bonds. The van der Waals surface area contributed by atoms with Gasteiger partial charge in [-0.2, -0.15) is 0 Å². The minimum absolute atomic E-state index is 0.104. The standard InChI is InChI=1S/C19H20O4/c20-18-12(3-1-5-14(18)8-16-10-22-16)7-13-4-2-6-15(19(13)21)9-17-11-23-17/h1-6,14-17H,7-11H2. The lowest BCUT2D eigenvalue weighted by Crippen LogP contribution is -2.23. The molecule has 0 saturated carbocycles. The molecule has 120 valence electrons. The molecule has 4 unspecified atom stereocenters. The molecular weight excluding hydrogens is 292 g/mol. The fourth-order valence-electron chi connectivity index (χ4n) is 3.27. The third-order valence-corrected chi connectivity index (χ3v) is 4.81. The third kappa shape index (κ3) is 3.43. The van der Waals surface area contributed by atoms with Gasteiger partial charge in [0.15, 0.2) is 11.6 Å². The Kier molecular flexibility index (Phi) is 3.87. The maximum atomic E-state index is 12.6. The average Bonchev–Trinajstić information content (AvgIpc) is 3.43. The lowest BCUT2D eigenvalue weighted by Gasteiger charge is -2.20. The van der Waals surface area contributed by atoms with Gasteiger partial charge < -0.3 is 9.47 Å². The first kappa shape index (κ1) is 14.8. The number of ketones is 2. The zero-order chi connectivity index (χ0) is 15.8. The SMILES string of the molecule is O=C1C(CC2=CC=CC(CC3CO3)C2=O)=CC=CC1CC1CO1. The van der Waals surface area contributed by atoms with E-state index in [0.717, 1.165) is 37.2 Å². The van der Waals surface area contributed by atoms with Crippen molar-refractivity contribution in [3.05, 3.63) is 47.6 Å². The number of allylic oxidation sites excluding steroid dienone is 8. The molecule has 0 aromatic rings. The van der Waals surface area contributed by atoms with Crippen molar-refractivity contribution in [2.45, 2.75) is 31.5 Å². The number of rotatable bonds is 6. The molecule has 2 heterocycles. The monoisotopic (exact) mass is 312 g/mol. The van der Waals surface area contributed by atoms with Gasteiger partial charge in [-0.1, -0.05) is 36.5 Å². The summed E-state index contributed by atoms with van der Waals surface area (Å²) in [5.74, 6) is 0.0580. The van der Waals surface area contributed by atoms with Crippen LogP contribution in [0.15, 0.2) is 47.6 Å². The van der Waals surface area contributed by atoms with E-state index >= 15 is 0 Å². The maximum absolute atomic E-state index is 12.6. The average molecular weight is 312 g/mol. The van der Waals surface area contributed by atoms with E-state index < -0.39 is 0 Å². The van der Waals surface area contributed by atoms with Crippen LogP contribution in [0.5, 0.6) is 0 Å². The van der Waals surface area contributed by atoms with Crippen molar-refractivity contribution in [2.24, 2.45) is 11.8 Å². The third-order valence-electron chi connectivity index (χ3n) is 4.81. The second-order valence-electron chi connectivity index (χ2n) is 6.65. The Labute approximate surface area is 135 Å². The van der Waals surface area contributed by atoms with E-state index in [1.807, 2.05) is 36.5 Å². The highest BCUT2D eigenvalue weighted by atomic mass is 16.6. The van der Waals surface area contributed by atoms with E-state index in [4.69, 9.17) is 9.47 Å². The van der Waals surface area contributed by atoms with Crippen LogP contribution in [0.3, 0.4) is 0 Å². The van der Waals surface area contributed by atoms with Gasteiger partial charge in [-0.15, -0.1) is 0 Å². The minimum Gasteiger partial charge on any atom is -0.373 e. The first-order valence-corrected chi connectivity index (χ1v) is 8.27. The highest BCUT2D eigenvalue weighted by Crippen LogP contribution is 2.31. The first-order valence-electron chi connectivity index (χ1n) is 8.27. The van der Waals surface area contributed by atoms with E-state index in [0.29, 0.717) is 6.42 Å². The fraction of sp³-hybridized carbons (Fsp3) is 0.474. The summed E-state index contributed by atoms with van der Waals surface area (Å²) in [6.45, 7) is 1.52. The van der Waals surface area contributed by atoms with Crippen molar-refractivity contribution in [1.29, 1.82) is 0 Å². The molecule has 0 bridgehead atoms. The zero-order valence-electron chi connectivity index (χ0n) is 12.9. The first-order chi connectivity index (χ1) is 11.2. The topological polar surface area (TPSA) is 59.2 Å². The van der Waals surface area contributed by atoms with Gasteiger partial charge in [0.05, 0.1) is 25.4 Å². The molecule has 4 atom stereocenters. The van der Waals surface area contributed by atoms with Gasteiger partial charge in [-0.25, -0.2) is 0 Å². The normalized spacial score (nSPS) is 35.1. The maximum Gasteiger partial charge on any atom is 0.166 e. The van der Waals surface area contributed by atoms with Gasteiger partial charge in [0.1, 0.15) is 0 Å². The Morgan fingerprint density at radius 2 is 1.26 bits per heavy atom. The van der Waals surface area contributed by atoms with Crippen LogP contribution in [0, 0.1) is 11.8 Å². The van der Waals surface area contributed by atoms with Crippen molar-refractivity contribution >= 4 is 11.6 Å². The fourth-order valence-corrected chi connectivity index (χ4v) is 3.27. The molecule has 2 saturated heterocycles. The predicted octanol–water partition coefficient (Wildman–Crippen LogP) is 2.32. The Balaban J connectivity index is 1.42. The van der Waals surface area contributed by atoms with Gasteiger partial charge in [-0.05, 0) is 12.8 Å². The number of carbonyl (C=O) groups excluding carboxylic acids is 2. The highest BCUT2D eigenvalue weighted by molar-refractivity contribution is 6.05. The molecule has 0 radical (unpaired) electrons. The van der Waals surface area contributed by atoms with Crippen LogP contribution >= 0.6 is 0 Å². The summed E-state index contributed by atoms with van der Waals surface area (Å²) < 4.78 is 10.5. The molecule has 0 spiro atoms.